The number of halogens is 1. The molecule has 0 aliphatic carbocycles. The van der Waals surface area contributed by atoms with E-state index in [0.29, 0.717) is 0 Å². The molecule has 1 rings (SSSR count). The monoisotopic (exact) mass is 214 g/mol. The second-order valence-electron chi connectivity index (χ2n) is 2.37. The Kier molecular flexibility index (Phi) is 3.23. The highest BCUT2D eigenvalue weighted by Gasteiger charge is 2.13. The van der Waals surface area contributed by atoms with Crippen molar-refractivity contribution in [1.29, 1.82) is 0 Å². The minimum absolute atomic E-state index is 0.117. The summed E-state index contributed by atoms with van der Waals surface area (Å²) in [4.78, 5) is -0.117. The van der Waals surface area contributed by atoms with Gasteiger partial charge in [0.1, 0.15) is 12.4 Å². The average molecular weight is 214 g/mol. The SMILES string of the molecule is C#CCOS(=O)(=O)c1ccc(F)cc1. The maximum Gasteiger partial charge on any atom is 0.297 e. The van der Waals surface area contributed by atoms with Crippen molar-refractivity contribution < 1.29 is 17.0 Å². The van der Waals surface area contributed by atoms with Crippen molar-refractivity contribution in [2.45, 2.75) is 4.90 Å². The van der Waals surface area contributed by atoms with Crippen molar-refractivity contribution >= 4 is 10.1 Å². The molecule has 0 radical (unpaired) electrons. The highest BCUT2D eigenvalue weighted by Crippen LogP contribution is 2.12. The fourth-order valence-electron chi connectivity index (χ4n) is 0.781. The molecule has 0 N–H and O–H groups in total. The van der Waals surface area contributed by atoms with Gasteiger partial charge in [-0.25, -0.2) is 4.39 Å². The predicted molar refractivity (Wildman–Crippen MR) is 48.4 cm³/mol. The minimum atomic E-state index is -3.85. The summed E-state index contributed by atoms with van der Waals surface area (Å²) >= 11 is 0. The molecule has 1 aromatic carbocycles. The first-order chi connectivity index (χ1) is 6.56. The summed E-state index contributed by atoms with van der Waals surface area (Å²) in [5.41, 5.74) is 0. The van der Waals surface area contributed by atoms with Crippen LogP contribution >= 0.6 is 0 Å². The molecular weight excluding hydrogens is 207 g/mol. The molecule has 14 heavy (non-hydrogen) atoms. The van der Waals surface area contributed by atoms with E-state index in [9.17, 15) is 12.8 Å². The molecular formula is C9H7FO3S. The van der Waals surface area contributed by atoms with Gasteiger partial charge in [0.05, 0.1) is 4.90 Å². The largest absolute Gasteiger partial charge is 0.297 e. The van der Waals surface area contributed by atoms with Gasteiger partial charge in [0.15, 0.2) is 0 Å². The molecule has 0 saturated heterocycles. The van der Waals surface area contributed by atoms with Crippen LogP contribution in [0.25, 0.3) is 0 Å². The second-order valence-corrected chi connectivity index (χ2v) is 3.99. The Morgan fingerprint density at radius 1 is 1.36 bits per heavy atom. The Morgan fingerprint density at radius 3 is 2.43 bits per heavy atom. The van der Waals surface area contributed by atoms with Gasteiger partial charge in [-0.2, -0.15) is 8.42 Å². The van der Waals surface area contributed by atoms with Crippen LogP contribution in [0, 0.1) is 18.2 Å². The van der Waals surface area contributed by atoms with Crippen LogP contribution in [0.1, 0.15) is 0 Å². The lowest BCUT2D eigenvalue weighted by Crippen LogP contribution is -2.06. The van der Waals surface area contributed by atoms with Crippen LogP contribution in [0.15, 0.2) is 29.2 Å². The van der Waals surface area contributed by atoms with Gasteiger partial charge < -0.3 is 0 Å². The first kappa shape index (κ1) is 10.7. The molecule has 5 heteroatoms. The first-order valence-corrected chi connectivity index (χ1v) is 5.05. The number of benzene rings is 1. The maximum atomic E-state index is 12.5. The molecule has 0 amide bonds. The summed E-state index contributed by atoms with van der Waals surface area (Å²) in [6, 6.07) is 4.29. The molecule has 0 spiro atoms. The molecule has 0 heterocycles. The van der Waals surface area contributed by atoms with E-state index in [2.05, 4.69) is 4.18 Å². The lowest BCUT2D eigenvalue weighted by atomic mass is 10.4. The van der Waals surface area contributed by atoms with Crippen molar-refractivity contribution in [2.75, 3.05) is 6.61 Å². The molecule has 3 nitrogen and oxygen atoms in total. The standard InChI is InChI=1S/C9H7FO3S/c1-2-7-13-14(11,12)9-5-3-8(10)4-6-9/h1,3-6H,7H2. The van der Waals surface area contributed by atoms with Gasteiger partial charge in [-0.15, -0.1) is 6.42 Å². The molecule has 0 aliphatic rings. The third-order valence-corrected chi connectivity index (χ3v) is 2.68. The van der Waals surface area contributed by atoms with E-state index >= 15 is 0 Å². The average Bonchev–Trinajstić information content (AvgIpc) is 2.16. The molecule has 0 fully saturated rings. The van der Waals surface area contributed by atoms with Crippen LogP contribution in [0.4, 0.5) is 4.39 Å². The van der Waals surface area contributed by atoms with Crippen molar-refractivity contribution in [3.05, 3.63) is 30.1 Å². The molecule has 1 aromatic rings. The number of hydrogen-bond donors (Lipinski definition) is 0. The predicted octanol–water partition coefficient (Wildman–Crippen LogP) is 1.16. The molecule has 0 aliphatic heterocycles. The fraction of sp³-hybridized carbons (Fsp3) is 0.111. The molecule has 0 aromatic heterocycles. The fourth-order valence-corrected chi connectivity index (χ4v) is 1.61. The summed E-state index contributed by atoms with van der Waals surface area (Å²) in [6.07, 6.45) is 4.84. The third-order valence-electron chi connectivity index (χ3n) is 1.40. The van der Waals surface area contributed by atoms with E-state index < -0.39 is 15.9 Å². The van der Waals surface area contributed by atoms with E-state index in [0.717, 1.165) is 24.3 Å². The summed E-state index contributed by atoms with van der Waals surface area (Å²) in [7, 11) is -3.85. The van der Waals surface area contributed by atoms with Gasteiger partial charge in [0.25, 0.3) is 10.1 Å². The van der Waals surface area contributed by atoms with Crippen LogP contribution in [0.2, 0.25) is 0 Å². The normalized spacial score (nSPS) is 10.9. The molecule has 74 valence electrons. The molecule has 0 saturated carbocycles. The highest BCUT2D eigenvalue weighted by molar-refractivity contribution is 7.86. The van der Waals surface area contributed by atoms with Crippen molar-refractivity contribution in [1.82, 2.24) is 0 Å². The minimum Gasteiger partial charge on any atom is -0.253 e. The quantitative estimate of drug-likeness (QED) is 0.560. The summed E-state index contributed by atoms with van der Waals surface area (Å²) in [5, 5.41) is 0. The topological polar surface area (TPSA) is 43.4 Å². The van der Waals surface area contributed by atoms with E-state index in [1.54, 1.807) is 0 Å². The Hall–Kier alpha value is -1.38. The van der Waals surface area contributed by atoms with E-state index in [1.807, 2.05) is 5.92 Å². The van der Waals surface area contributed by atoms with Crippen LogP contribution in [0.3, 0.4) is 0 Å². The Labute approximate surface area is 81.6 Å². The van der Waals surface area contributed by atoms with Crippen molar-refractivity contribution in [2.24, 2.45) is 0 Å². The summed E-state index contributed by atoms with van der Waals surface area (Å²) in [5.74, 6) is 1.52. The van der Waals surface area contributed by atoms with Gasteiger partial charge in [-0.1, -0.05) is 5.92 Å². The third kappa shape index (κ3) is 2.55. The van der Waals surface area contributed by atoms with E-state index in [1.165, 1.54) is 0 Å². The van der Waals surface area contributed by atoms with Gasteiger partial charge in [-0.05, 0) is 24.3 Å². The number of terminal acetylenes is 1. The zero-order valence-corrected chi connectivity index (χ0v) is 7.92. The Morgan fingerprint density at radius 2 is 1.93 bits per heavy atom. The van der Waals surface area contributed by atoms with Crippen molar-refractivity contribution in [3.8, 4) is 12.3 Å². The van der Waals surface area contributed by atoms with Gasteiger partial charge >= 0.3 is 0 Å². The van der Waals surface area contributed by atoms with Gasteiger partial charge in [0, 0.05) is 0 Å². The highest BCUT2D eigenvalue weighted by atomic mass is 32.2. The summed E-state index contributed by atoms with van der Waals surface area (Å²) in [6.45, 7) is -0.334. The van der Waals surface area contributed by atoms with Crippen LogP contribution in [-0.4, -0.2) is 15.0 Å². The lowest BCUT2D eigenvalue weighted by molar-refractivity contribution is 0.363. The van der Waals surface area contributed by atoms with E-state index in [4.69, 9.17) is 6.42 Å². The zero-order chi connectivity index (χ0) is 10.6. The molecule has 0 bridgehead atoms. The molecule has 0 atom stereocenters. The Bertz CT molecular complexity index is 442. The summed E-state index contributed by atoms with van der Waals surface area (Å²) < 4.78 is 39.4. The molecule has 0 unspecified atom stereocenters. The van der Waals surface area contributed by atoms with Crippen molar-refractivity contribution in [3.63, 3.8) is 0 Å². The van der Waals surface area contributed by atoms with Gasteiger partial charge in [-0.3, -0.25) is 4.18 Å². The lowest BCUT2D eigenvalue weighted by Gasteiger charge is -2.01. The van der Waals surface area contributed by atoms with Crippen LogP contribution in [-0.2, 0) is 14.3 Å². The smallest absolute Gasteiger partial charge is 0.253 e. The van der Waals surface area contributed by atoms with Crippen LogP contribution < -0.4 is 0 Å². The van der Waals surface area contributed by atoms with Gasteiger partial charge in [0.2, 0.25) is 0 Å². The first-order valence-electron chi connectivity index (χ1n) is 3.65. The number of hydrogen-bond acceptors (Lipinski definition) is 3. The Balaban J connectivity index is 2.94. The number of rotatable bonds is 3. The zero-order valence-electron chi connectivity index (χ0n) is 7.10. The maximum absolute atomic E-state index is 12.5. The second kappa shape index (κ2) is 4.22. The van der Waals surface area contributed by atoms with E-state index in [-0.39, 0.29) is 11.5 Å². The van der Waals surface area contributed by atoms with Crippen LogP contribution in [0.5, 0.6) is 0 Å².